The van der Waals surface area contributed by atoms with Crippen molar-refractivity contribution in [1.29, 1.82) is 0 Å². The first-order chi connectivity index (χ1) is 8.34. The van der Waals surface area contributed by atoms with Crippen LogP contribution in [0.15, 0.2) is 36.5 Å². The van der Waals surface area contributed by atoms with Crippen LogP contribution in [-0.4, -0.2) is 11.5 Å². The third kappa shape index (κ3) is 1.73. The summed E-state index contributed by atoms with van der Waals surface area (Å²) in [6.45, 7) is 0.721. The number of nitrogens with two attached hydrogens (primary N) is 1. The van der Waals surface area contributed by atoms with Gasteiger partial charge in [0.1, 0.15) is 0 Å². The molecule has 0 bridgehead atoms. The molecule has 0 saturated heterocycles. The van der Waals surface area contributed by atoms with Gasteiger partial charge in [-0.2, -0.15) is 0 Å². The van der Waals surface area contributed by atoms with Crippen LogP contribution >= 0.6 is 0 Å². The molecule has 1 aromatic carbocycles. The predicted molar refractivity (Wildman–Crippen MR) is 70.9 cm³/mol. The summed E-state index contributed by atoms with van der Waals surface area (Å²) < 4.78 is 0. The molecule has 2 nitrogen and oxygen atoms in total. The second kappa shape index (κ2) is 4.11. The number of aromatic nitrogens is 1. The molecule has 17 heavy (non-hydrogen) atoms. The van der Waals surface area contributed by atoms with Gasteiger partial charge in [-0.1, -0.05) is 37.1 Å². The highest BCUT2D eigenvalue weighted by molar-refractivity contribution is 5.82. The van der Waals surface area contributed by atoms with Crippen molar-refractivity contribution in [2.45, 2.75) is 31.1 Å². The molecular weight excluding hydrogens is 208 g/mol. The molecule has 0 spiro atoms. The number of pyridine rings is 1. The maximum Gasteiger partial charge on any atom is 0.0484 e. The molecule has 1 aliphatic rings. The number of rotatable bonds is 2. The summed E-state index contributed by atoms with van der Waals surface area (Å²) in [5, 5.41) is 2.48. The second-order valence-electron chi connectivity index (χ2n) is 5.11. The van der Waals surface area contributed by atoms with Crippen molar-refractivity contribution < 1.29 is 0 Å². The minimum atomic E-state index is 0.143. The summed E-state index contributed by atoms with van der Waals surface area (Å²) in [6, 6.07) is 10.6. The molecule has 2 N–H and O–H groups in total. The van der Waals surface area contributed by atoms with Crippen molar-refractivity contribution in [3.05, 3.63) is 42.2 Å². The monoisotopic (exact) mass is 226 g/mol. The van der Waals surface area contributed by atoms with Crippen molar-refractivity contribution in [2.75, 3.05) is 6.54 Å². The van der Waals surface area contributed by atoms with Gasteiger partial charge in [-0.05, 0) is 24.3 Å². The molecule has 1 aliphatic carbocycles. The molecule has 0 atom stereocenters. The van der Waals surface area contributed by atoms with Crippen molar-refractivity contribution in [2.24, 2.45) is 5.73 Å². The normalized spacial score (nSPS) is 18.6. The SMILES string of the molecule is NCC1(c2cc3ccccc3cn2)CCCC1. The molecule has 2 heteroatoms. The lowest BCUT2D eigenvalue weighted by atomic mass is 9.82. The van der Waals surface area contributed by atoms with Gasteiger partial charge < -0.3 is 5.73 Å². The van der Waals surface area contributed by atoms with E-state index >= 15 is 0 Å². The summed E-state index contributed by atoms with van der Waals surface area (Å²) in [4.78, 5) is 4.65. The zero-order valence-corrected chi connectivity index (χ0v) is 10.0. The smallest absolute Gasteiger partial charge is 0.0484 e. The van der Waals surface area contributed by atoms with E-state index in [0.717, 1.165) is 6.54 Å². The van der Waals surface area contributed by atoms with Gasteiger partial charge in [-0.3, -0.25) is 4.98 Å². The van der Waals surface area contributed by atoms with Crippen LogP contribution in [0.3, 0.4) is 0 Å². The van der Waals surface area contributed by atoms with Gasteiger partial charge in [-0.25, -0.2) is 0 Å². The van der Waals surface area contributed by atoms with Crippen LogP contribution in [0.4, 0.5) is 0 Å². The first-order valence-corrected chi connectivity index (χ1v) is 6.39. The maximum absolute atomic E-state index is 6.00. The molecular formula is C15H18N2. The Kier molecular flexibility index (Phi) is 2.60. The van der Waals surface area contributed by atoms with E-state index in [-0.39, 0.29) is 5.41 Å². The van der Waals surface area contributed by atoms with E-state index in [1.807, 2.05) is 6.20 Å². The lowest BCUT2D eigenvalue weighted by Gasteiger charge is -2.26. The molecule has 1 saturated carbocycles. The van der Waals surface area contributed by atoms with Gasteiger partial charge in [0.15, 0.2) is 0 Å². The average Bonchev–Trinajstić information content (AvgIpc) is 2.88. The third-order valence-corrected chi connectivity index (χ3v) is 4.13. The molecule has 0 aliphatic heterocycles. The van der Waals surface area contributed by atoms with Crippen LogP contribution in [0, 0.1) is 0 Å². The van der Waals surface area contributed by atoms with Gasteiger partial charge in [-0.15, -0.1) is 0 Å². The lowest BCUT2D eigenvalue weighted by Crippen LogP contribution is -2.32. The van der Waals surface area contributed by atoms with E-state index < -0.39 is 0 Å². The topological polar surface area (TPSA) is 38.9 Å². The molecule has 0 unspecified atom stereocenters. The van der Waals surface area contributed by atoms with Gasteiger partial charge in [0, 0.05) is 29.2 Å². The Labute approximate surface area is 102 Å². The fourth-order valence-electron chi connectivity index (χ4n) is 2.99. The lowest BCUT2D eigenvalue weighted by molar-refractivity contribution is 0.440. The largest absolute Gasteiger partial charge is 0.330 e. The zero-order chi connectivity index (χ0) is 11.7. The van der Waals surface area contributed by atoms with Crippen LogP contribution < -0.4 is 5.73 Å². The van der Waals surface area contributed by atoms with E-state index in [1.54, 1.807) is 0 Å². The second-order valence-corrected chi connectivity index (χ2v) is 5.11. The highest BCUT2D eigenvalue weighted by Gasteiger charge is 2.35. The van der Waals surface area contributed by atoms with E-state index in [4.69, 9.17) is 5.73 Å². The van der Waals surface area contributed by atoms with Crippen LogP contribution in [0.25, 0.3) is 10.8 Å². The fraction of sp³-hybridized carbons (Fsp3) is 0.400. The van der Waals surface area contributed by atoms with Gasteiger partial charge in [0.25, 0.3) is 0 Å². The minimum absolute atomic E-state index is 0.143. The van der Waals surface area contributed by atoms with E-state index in [1.165, 1.54) is 42.1 Å². The summed E-state index contributed by atoms with van der Waals surface area (Å²) in [6.07, 6.45) is 6.93. The van der Waals surface area contributed by atoms with Crippen LogP contribution in [-0.2, 0) is 5.41 Å². The number of benzene rings is 1. The summed E-state index contributed by atoms with van der Waals surface area (Å²) in [5.41, 5.74) is 7.34. The standard InChI is InChI=1S/C15H18N2/c16-11-15(7-3-4-8-15)14-9-12-5-1-2-6-13(12)10-17-14/h1-2,5-6,9-10H,3-4,7-8,11,16H2. The Morgan fingerprint density at radius 1 is 1.12 bits per heavy atom. The predicted octanol–water partition coefficient (Wildman–Crippen LogP) is 3.01. The number of hydrogen-bond acceptors (Lipinski definition) is 2. The van der Waals surface area contributed by atoms with Gasteiger partial charge >= 0.3 is 0 Å². The maximum atomic E-state index is 6.00. The van der Waals surface area contributed by atoms with Crippen molar-refractivity contribution in [1.82, 2.24) is 4.98 Å². The summed E-state index contributed by atoms with van der Waals surface area (Å²) >= 11 is 0. The molecule has 3 rings (SSSR count). The Morgan fingerprint density at radius 3 is 2.53 bits per heavy atom. The number of fused-ring (bicyclic) bond motifs is 1. The highest BCUT2D eigenvalue weighted by Crippen LogP contribution is 2.39. The summed E-state index contributed by atoms with van der Waals surface area (Å²) in [5.74, 6) is 0. The van der Waals surface area contributed by atoms with Gasteiger partial charge in [0.05, 0.1) is 0 Å². The van der Waals surface area contributed by atoms with E-state index in [9.17, 15) is 0 Å². The molecule has 0 radical (unpaired) electrons. The first kappa shape index (κ1) is 10.7. The Bertz CT molecular complexity index is 527. The number of hydrogen-bond donors (Lipinski definition) is 1. The van der Waals surface area contributed by atoms with Crippen LogP contribution in [0.1, 0.15) is 31.4 Å². The van der Waals surface area contributed by atoms with E-state index in [2.05, 4.69) is 35.3 Å². The zero-order valence-electron chi connectivity index (χ0n) is 10.0. The number of nitrogens with zero attached hydrogens (tertiary/aromatic N) is 1. The van der Waals surface area contributed by atoms with E-state index in [0.29, 0.717) is 0 Å². The highest BCUT2D eigenvalue weighted by atomic mass is 14.7. The fourth-order valence-corrected chi connectivity index (χ4v) is 2.99. The Morgan fingerprint density at radius 2 is 1.82 bits per heavy atom. The minimum Gasteiger partial charge on any atom is -0.330 e. The van der Waals surface area contributed by atoms with Crippen molar-refractivity contribution in [3.8, 4) is 0 Å². The average molecular weight is 226 g/mol. The molecule has 1 heterocycles. The molecule has 0 amide bonds. The van der Waals surface area contributed by atoms with Gasteiger partial charge in [0.2, 0.25) is 0 Å². The Hall–Kier alpha value is -1.41. The van der Waals surface area contributed by atoms with Crippen molar-refractivity contribution in [3.63, 3.8) is 0 Å². The first-order valence-electron chi connectivity index (χ1n) is 6.39. The summed E-state index contributed by atoms with van der Waals surface area (Å²) in [7, 11) is 0. The van der Waals surface area contributed by atoms with Crippen LogP contribution in [0.5, 0.6) is 0 Å². The third-order valence-electron chi connectivity index (χ3n) is 4.13. The quantitative estimate of drug-likeness (QED) is 0.855. The molecule has 1 fully saturated rings. The molecule has 2 aromatic rings. The molecule has 88 valence electrons. The molecule has 1 aromatic heterocycles. The van der Waals surface area contributed by atoms with Crippen LogP contribution in [0.2, 0.25) is 0 Å². The Balaban J connectivity index is 2.10. The van der Waals surface area contributed by atoms with Crippen molar-refractivity contribution >= 4 is 10.8 Å².